The summed E-state index contributed by atoms with van der Waals surface area (Å²) in [7, 11) is 0. The maximum absolute atomic E-state index is 11.3. The van der Waals surface area contributed by atoms with E-state index in [0.29, 0.717) is 5.69 Å². The number of ether oxygens (including phenoxy) is 1. The topological polar surface area (TPSA) is 75.6 Å². The second-order valence-corrected chi connectivity index (χ2v) is 5.66. The Morgan fingerprint density at radius 2 is 1.78 bits per heavy atom. The van der Waals surface area contributed by atoms with Gasteiger partial charge in [0.2, 0.25) is 0 Å². The summed E-state index contributed by atoms with van der Waals surface area (Å²) in [4.78, 5) is 21.6. The van der Waals surface area contributed by atoms with Gasteiger partial charge in [0, 0.05) is 19.1 Å². The first-order valence-electron chi connectivity index (χ1n) is 4.70. The van der Waals surface area contributed by atoms with Gasteiger partial charge in [0.05, 0.1) is 6.42 Å². The number of rotatable bonds is 4. The van der Waals surface area contributed by atoms with Gasteiger partial charge in [0.25, 0.3) is 0 Å². The summed E-state index contributed by atoms with van der Waals surface area (Å²) >= 11 is 9.96. The summed E-state index contributed by atoms with van der Waals surface area (Å²) < 4.78 is 7.04. The van der Waals surface area contributed by atoms with E-state index in [2.05, 4.69) is 53.1 Å². The summed E-state index contributed by atoms with van der Waals surface area (Å²) in [5.41, 5.74) is 0.525. The van der Waals surface area contributed by atoms with E-state index in [-0.39, 0.29) is 13.0 Å². The Labute approximate surface area is 128 Å². The van der Waals surface area contributed by atoms with E-state index in [1.165, 1.54) is 0 Å². The molecule has 18 heavy (non-hydrogen) atoms. The Hall–Kier alpha value is -0.600. The molecule has 8 heteroatoms. The van der Waals surface area contributed by atoms with Crippen molar-refractivity contribution < 1.29 is 19.4 Å². The molecule has 0 unspecified atom stereocenters. The van der Waals surface area contributed by atoms with Crippen molar-refractivity contribution in [3.63, 3.8) is 0 Å². The third kappa shape index (κ3) is 4.95. The first-order valence-corrected chi connectivity index (χ1v) is 7.08. The predicted octanol–water partition coefficient (Wildman–Crippen LogP) is 4.00. The molecule has 0 heterocycles. The Balaban J connectivity index is 2.57. The molecule has 0 aliphatic rings. The van der Waals surface area contributed by atoms with Gasteiger partial charge in [0.15, 0.2) is 0 Å². The standard InChI is InChI=1S/C10H8Br3NO4/c11-6-3-5(4-7(12)9(6)13)14-10(17)18-2-1-8(15)16/h3-4H,1-2H2,(H,14,17)(H,15,16). The highest BCUT2D eigenvalue weighted by Crippen LogP contribution is 2.34. The van der Waals surface area contributed by atoms with Crippen LogP contribution in [0.5, 0.6) is 0 Å². The molecule has 0 aliphatic carbocycles. The summed E-state index contributed by atoms with van der Waals surface area (Å²) in [6.07, 6.45) is -0.918. The lowest BCUT2D eigenvalue weighted by Crippen LogP contribution is -2.15. The highest BCUT2D eigenvalue weighted by atomic mass is 79.9. The Morgan fingerprint density at radius 1 is 1.22 bits per heavy atom. The lowest BCUT2D eigenvalue weighted by molar-refractivity contribution is -0.137. The molecule has 0 radical (unpaired) electrons. The fraction of sp³-hybridized carbons (Fsp3) is 0.200. The normalized spacial score (nSPS) is 9.94. The van der Waals surface area contributed by atoms with Gasteiger partial charge in [-0.3, -0.25) is 10.1 Å². The van der Waals surface area contributed by atoms with Crippen molar-refractivity contribution in [2.45, 2.75) is 6.42 Å². The molecule has 5 nitrogen and oxygen atoms in total. The van der Waals surface area contributed by atoms with Crippen molar-refractivity contribution in [2.24, 2.45) is 0 Å². The Bertz CT molecular complexity index is 455. The quantitative estimate of drug-likeness (QED) is 0.687. The van der Waals surface area contributed by atoms with E-state index >= 15 is 0 Å². The van der Waals surface area contributed by atoms with E-state index in [0.717, 1.165) is 13.4 Å². The number of halogens is 3. The molecule has 98 valence electrons. The van der Waals surface area contributed by atoms with Crippen LogP contribution in [0.4, 0.5) is 10.5 Å². The van der Waals surface area contributed by atoms with Gasteiger partial charge in [-0.25, -0.2) is 4.79 Å². The Kier molecular flexibility index (Phi) is 6.10. The zero-order valence-electron chi connectivity index (χ0n) is 8.87. The molecule has 0 saturated carbocycles. The minimum atomic E-state index is -1.02. The molecule has 1 amide bonds. The SMILES string of the molecule is O=C(O)CCOC(=O)Nc1cc(Br)c(Br)c(Br)c1. The van der Waals surface area contributed by atoms with Gasteiger partial charge in [-0.05, 0) is 59.9 Å². The Morgan fingerprint density at radius 3 is 2.28 bits per heavy atom. The third-order valence-electron chi connectivity index (χ3n) is 1.78. The highest BCUT2D eigenvalue weighted by Gasteiger charge is 2.09. The molecule has 1 rings (SSSR count). The number of hydrogen-bond donors (Lipinski definition) is 2. The predicted molar refractivity (Wildman–Crippen MR) is 76.8 cm³/mol. The number of nitrogens with one attached hydrogen (secondary N) is 1. The number of amides is 1. The number of aliphatic carboxylic acids is 1. The highest BCUT2D eigenvalue weighted by molar-refractivity contribution is 9.14. The monoisotopic (exact) mass is 443 g/mol. The van der Waals surface area contributed by atoms with E-state index in [9.17, 15) is 9.59 Å². The first kappa shape index (κ1) is 15.5. The first-order chi connectivity index (χ1) is 8.40. The van der Waals surface area contributed by atoms with Gasteiger partial charge >= 0.3 is 12.1 Å². The van der Waals surface area contributed by atoms with Gasteiger partial charge in [0.1, 0.15) is 6.61 Å². The molecule has 0 aromatic heterocycles. The third-order valence-corrected chi connectivity index (χ3v) is 4.95. The van der Waals surface area contributed by atoms with E-state index in [1.54, 1.807) is 12.1 Å². The molecule has 1 aromatic rings. The minimum absolute atomic E-state index is 0.167. The molecular weight excluding hydrogens is 438 g/mol. The number of carboxylic acids is 1. The van der Waals surface area contributed by atoms with Crippen LogP contribution in [0.25, 0.3) is 0 Å². The summed E-state index contributed by atoms with van der Waals surface area (Å²) in [5.74, 6) is -1.02. The summed E-state index contributed by atoms with van der Waals surface area (Å²) in [6, 6.07) is 3.38. The maximum atomic E-state index is 11.3. The van der Waals surface area contributed by atoms with Gasteiger partial charge in [-0.15, -0.1) is 0 Å². The molecule has 0 atom stereocenters. The van der Waals surface area contributed by atoms with E-state index in [4.69, 9.17) is 9.84 Å². The number of anilines is 1. The van der Waals surface area contributed by atoms with Gasteiger partial charge in [-0.1, -0.05) is 0 Å². The number of hydrogen-bond acceptors (Lipinski definition) is 3. The van der Waals surface area contributed by atoms with Crippen LogP contribution in [-0.4, -0.2) is 23.8 Å². The molecular formula is C10H8Br3NO4. The molecule has 0 fully saturated rings. The van der Waals surface area contributed by atoms with Crippen molar-refractivity contribution in [3.05, 3.63) is 25.6 Å². The van der Waals surface area contributed by atoms with Crippen LogP contribution in [0.3, 0.4) is 0 Å². The zero-order valence-corrected chi connectivity index (χ0v) is 13.6. The molecule has 2 N–H and O–H groups in total. The van der Waals surface area contributed by atoms with Crippen LogP contribution in [-0.2, 0) is 9.53 Å². The van der Waals surface area contributed by atoms with Crippen molar-refractivity contribution in [2.75, 3.05) is 11.9 Å². The van der Waals surface area contributed by atoms with Crippen LogP contribution in [0.1, 0.15) is 6.42 Å². The second-order valence-electron chi connectivity index (χ2n) is 3.16. The number of carbonyl (C=O) groups is 2. The number of benzene rings is 1. The minimum Gasteiger partial charge on any atom is -0.481 e. The lowest BCUT2D eigenvalue weighted by Gasteiger charge is -2.08. The zero-order chi connectivity index (χ0) is 13.7. The van der Waals surface area contributed by atoms with Crippen molar-refractivity contribution in [1.29, 1.82) is 0 Å². The largest absolute Gasteiger partial charge is 0.481 e. The van der Waals surface area contributed by atoms with E-state index in [1.807, 2.05) is 0 Å². The van der Waals surface area contributed by atoms with Crippen molar-refractivity contribution >= 4 is 65.5 Å². The fourth-order valence-electron chi connectivity index (χ4n) is 1.01. The van der Waals surface area contributed by atoms with Crippen LogP contribution in [0.2, 0.25) is 0 Å². The van der Waals surface area contributed by atoms with Gasteiger partial charge < -0.3 is 9.84 Å². The average molecular weight is 446 g/mol. The molecule has 1 aromatic carbocycles. The molecule has 0 saturated heterocycles. The van der Waals surface area contributed by atoms with Crippen LogP contribution < -0.4 is 5.32 Å². The van der Waals surface area contributed by atoms with Crippen molar-refractivity contribution in [3.8, 4) is 0 Å². The van der Waals surface area contributed by atoms with Crippen molar-refractivity contribution in [1.82, 2.24) is 0 Å². The second kappa shape index (κ2) is 7.10. The summed E-state index contributed by atoms with van der Waals surface area (Å²) in [5, 5.41) is 10.9. The fourth-order valence-corrected chi connectivity index (χ4v) is 2.43. The van der Waals surface area contributed by atoms with Crippen LogP contribution in [0, 0.1) is 0 Å². The van der Waals surface area contributed by atoms with Crippen LogP contribution >= 0.6 is 47.8 Å². The van der Waals surface area contributed by atoms with Crippen LogP contribution in [0.15, 0.2) is 25.6 Å². The smallest absolute Gasteiger partial charge is 0.411 e. The number of carboxylic acid groups (broad SMARTS) is 1. The maximum Gasteiger partial charge on any atom is 0.411 e. The molecule has 0 bridgehead atoms. The lowest BCUT2D eigenvalue weighted by atomic mass is 10.3. The summed E-state index contributed by atoms with van der Waals surface area (Å²) in [6.45, 7) is -0.167. The average Bonchev–Trinajstić information content (AvgIpc) is 2.25. The molecule has 0 spiro atoms. The van der Waals surface area contributed by atoms with E-state index < -0.39 is 12.1 Å². The number of carbonyl (C=O) groups excluding carboxylic acids is 1. The van der Waals surface area contributed by atoms with Gasteiger partial charge in [-0.2, -0.15) is 0 Å². The molecule has 0 aliphatic heterocycles.